The maximum Gasteiger partial charge on any atom is 0.255 e. The fourth-order valence-corrected chi connectivity index (χ4v) is 5.51. The van der Waals surface area contributed by atoms with E-state index in [0.29, 0.717) is 24.6 Å². The summed E-state index contributed by atoms with van der Waals surface area (Å²) in [7, 11) is 0. The quantitative estimate of drug-likeness (QED) is 0.636. The van der Waals surface area contributed by atoms with E-state index in [2.05, 4.69) is 22.1 Å². The lowest BCUT2D eigenvalue weighted by Gasteiger charge is -2.23. The van der Waals surface area contributed by atoms with Crippen LogP contribution in [0, 0.1) is 23.7 Å². The third-order valence-corrected chi connectivity index (χ3v) is 7.17. The number of rotatable bonds is 6. The van der Waals surface area contributed by atoms with E-state index in [4.69, 9.17) is 0 Å². The van der Waals surface area contributed by atoms with Crippen LogP contribution < -0.4 is 0 Å². The van der Waals surface area contributed by atoms with E-state index in [-0.39, 0.29) is 36.9 Å². The number of aliphatic hydroxyl groups excluding tert-OH is 2. The number of aliphatic hydroxyl groups is 2. The Hall–Kier alpha value is -2.77. The molecular formula is C24H28N4O3. The minimum atomic E-state index is -0.0279. The van der Waals surface area contributed by atoms with Crippen molar-refractivity contribution in [2.45, 2.75) is 19.4 Å². The molecule has 7 nitrogen and oxygen atoms in total. The van der Waals surface area contributed by atoms with Crippen LogP contribution in [0.2, 0.25) is 0 Å². The van der Waals surface area contributed by atoms with Gasteiger partial charge in [0.05, 0.1) is 11.9 Å². The number of nitrogens with zero attached hydrogens (tertiary/aromatic N) is 4. The first-order valence-electron chi connectivity index (χ1n) is 11.0. The molecule has 2 aliphatic rings. The van der Waals surface area contributed by atoms with Crippen molar-refractivity contribution in [3.05, 3.63) is 60.0 Å². The van der Waals surface area contributed by atoms with Crippen LogP contribution in [0.25, 0.3) is 11.2 Å². The Bertz CT molecular complexity index is 1070. The van der Waals surface area contributed by atoms with E-state index < -0.39 is 0 Å². The average molecular weight is 421 g/mol. The van der Waals surface area contributed by atoms with Crippen LogP contribution in [0.4, 0.5) is 0 Å². The Kier molecular flexibility index (Phi) is 5.46. The second-order valence-electron chi connectivity index (χ2n) is 8.90. The van der Waals surface area contributed by atoms with Crippen molar-refractivity contribution in [3.8, 4) is 0 Å². The Morgan fingerprint density at radius 1 is 1.10 bits per heavy atom. The molecule has 1 aliphatic carbocycles. The van der Waals surface area contributed by atoms with Gasteiger partial charge in [0.1, 0.15) is 5.52 Å². The fourth-order valence-electron chi connectivity index (χ4n) is 5.51. The zero-order valence-electron chi connectivity index (χ0n) is 17.5. The number of pyridine rings is 1. The van der Waals surface area contributed by atoms with Crippen molar-refractivity contribution in [3.63, 3.8) is 0 Å². The first kappa shape index (κ1) is 20.2. The summed E-state index contributed by atoms with van der Waals surface area (Å²) < 4.78 is 2.03. The van der Waals surface area contributed by atoms with E-state index in [9.17, 15) is 15.0 Å². The predicted octanol–water partition coefficient (Wildman–Crippen LogP) is 1.98. The highest BCUT2D eigenvalue weighted by atomic mass is 16.3. The maximum absolute atomic E-state index is 13.1. The molecule has 162 valence electrons. The number of fused-ring (bicyclic) bond motifs is 2. The molecule has 1 aromatic carbocycles. The topological polar surface area (TPSA) is 91.5 Å². The molecule has 0 spiro atoms. The van der Waals surface area contributed by atoms with Crippen molar-refractivity contribution in [1.29, 1.82) is 0 Å². The lowest BCUT2D eigenvalue weighted by Crippen LogP contribution is -2.32. The summed E-state index contributed by atoms with van der Waals surface area (Å²) in [5.74, 6) is 0.816. The SMILES string of the molecule is O=C(c1cnc2c(c1)ncn2CCc1ccccc1)N1C[C@@H]2C[C@H](CO)[C@H](CO)[C@@H]2C1. The number of hydrogen-bond acceptors (Lipinski definition) is 5. The van der Waals surface area contributed by atoms with Gasteiger partial charge in [-0.3, -0.25) is 4.79 Å². The highest BCUT2D eigenvalue weighted by molar-refractivity contribution is 5.96. The lowest BCUT2D eigenvalue weighted by molar-refractivity contribution is 0.0738. The van der Waals surface area contributed by atoms with Gasteiger partial charge in [-0.15, -0.1) is 0 Å². The fraction of sp³-hybridized carbons (Fsp3) is 0.458. The molecule has 1 aliphatic heterocycles. The molecule has 1 saturated carbocycles. The third-order valence-electron chi connectivity index (χ3n) is 7.17. The molecule has 2 N–H and O–H groups in total. The van der Waals surface area contributed by atoms with Gasteiger partial charge < -0.3 is 19.7 Å². The molecular weight excluding hydrogens is 392 g/mol. The van der Waals surface area contributed by atoms with E-state index in [0.717, 1.165) is 30.6 Å². The van der Waals surface area contributed by atoms with Crippen LogP contribution in [0.5, 0.6) is 0 Å². The van der Waals surface area contributed by atoms with E-state index >= 15 is 0 Å². The number of hydrogen-bond donors (Lipinski definition) is 2. The summed E-state index contributed by atoms with van der Waals surface area (Å²) in [4.78, 5) is 24.0. The van der Waals surface area contributed by atoms with Gasteiger partial charge >= 0.3 is 0 Å². The van der Waals surface area contributed by atoms with E-state index in [1.807, 2.05) is 33.7 Å². The molecule has 0 bridgehead atoms. The molecule has 7 heteroatoms. The lowest BCUT2D eigenvalue weighted by atomic mass is 9.89. The highest BCUT2D eigenvalue weighted by Crippen LogP contribution is 2.45. The summed E-state index contributed by atoms with van der Waals surface area (Å²) in [6.45, 7) is 2.28. The molecule has 3 aromatic rings. The summed E-state index contributed by atoms with van der Waals surface area (Å²) >= 11 is 0. The number of likely N-dealkylation sites (tertiary alicyclic amines) is 1. The molecule has 0 unspecified atom stereocenters. The molecule has 31 heavy (non-hydrogen) atoms. The molecule has 0 radical (unpaired) electrons. The van der Waals surface area contributed by atoms with Crippen LogP contribution in [-0.2, 0) is 13.0 Å². The van der Waals surface area contributed by atoms with Gasteiger partial charge in [-0.2, -0.15) is 0 Å². The summed E-state index contributed by atoms with van der Waals surface area (Å²) in [6.07, 6.45) is 5.21. The second-order valence-corrected chi connectivity index (χ2v) is 8.90. The minimum absolute atomic E-state index is 0.0279. The molecule has 5 rings (SSSR count). The zero-order valence-corrected chi connectivity index (χ0v) is 17.5. The van der Waals surface area contributed by atoms with Crippen molar-refractivity contribution in [2.75, 3.05) is 26.3 Å². The number of aryl methyl sites for hydroxylation is 2. The maximum atomic E-state index is 13.1. The number of amides is 1. The van der Waals surface area contributed by atoms with Crippen LogP contribution in [0.15, 0.2) is 48.9 Å². The molecule has 1 amide bonds. The van der Waals surface area contributed by atoms with Gasteiger partial charge in [-0.1, -0.05) is 30.3 Å². The van der Waals surface area contributed by atoms with Crippen LogP contribution in [-0.4, -0.2) is 61.9 Å². The largest absolute Gasteiger partial charge is 0.396 e. The highest BCUT2D eigenvalue weighted by Gasteiger charge is 2.48. The van der Waals surface area contributed by atoms with Crippen molar-refractivity contribution < 1.29 is 15.0 Å². The minimum Gasteiger partial charge on any atom is -0.396 e. The molecule has 1 saturated heterocycles. The van der Waals surface area contributed by atoms with Crippen LogP contribution in [0.3, 0.4) is 0 Å². The van der Waals surface area contributed by atoms with Crippen LogP contribution >= 0.6 is 0 Å². The smallest absolute Gasteiger partial charge is 0.255 e. The zero-order chi connectivity index (χ0) is 21.4. The van der Waals surface area contributed by atoms with Crippen molar-refractivity contribution in [2.24, 2.45) is 23.7 Å². The average Bonchev–Trinajstić information content (AvgIpc) is 3.49. The number of benzene rings is 1. The Morgan fingerprint density at radius 2 is 1.94 bits per heavy atom. The third kappa shape index (κ3) is 3.72. The Balaban J connectivity index is 1.28. The molecule has 3 heterocycles. The molecule has 2 aromatic heterocycles. The first-order chi connectivity index (χ1) is 15.2. The normalized spacial score (nSPS) is 25.3. The Morgan fingerprint density at radius 3 is 2.71 bits per heavy atom. The van der Waals surface area contributed by atoms with E-state index in [1.165, 1.54) is 5.56 Å². The van der Waals surface area contributed by atoms with E-state index in [1.54, 1.807) is 12.5 Å². The van der Waals surface area contributed by atoms with Gasteiger partial charge in [0, 0.05) is 39.0 Å². The number of aromatic nitrogens is 3. The van der Waals surface area contributed by atoms with Crippen LogP contribution in [0.1, 0.15) is 22.3 Å². The molecule has 2 fully saturated rings. The number of carbonyl (C=O) groups excluding carboxylic acids is 1. The van der Waals surface area contributed by atoms with Crippen molar-refractivity contribution in [1.82, 2.24) is 19.4 Å². The van der Waals surface area contributed by atoms with Gasteiger partial charge in [0.15, 0.2) is 5.65 Å². The van der Waals surface area contributed by atoms with Gasteiger partial charge in [0.25, 0.3) is 5.91 Å². The first-order valence-corrected chi connectivity index (χ1v) is 11.0. The van der Waals surface area contributed by atoms with Crippen molar-refractivity contribution >= 4 is 17.1 Å². The monoisotopic (exact) mass is 420 g/mol. The summed E-state index contributed by atoms with van der Waals surface area (Å²) in [5, 5.41) is 19.3. The van der Waals surface area contributed by atoms with Gasteiger partial charge in [-0.25, -0.2) is 9.97 Å². The van der Waals surface area contributed by atoms with Gasteiger partial charge in [0.2, 0.25) is 0 Å². The number of carbonyl (C=O) groups is 1. The van der Waals surface area contributed by atoms with Gasteiger partial charge in [-0.05, 0) is 48.1 Å². The summed E-state index contributed by atoms with van der Waals surface area (Å²) in [6, 6.07) is 12.1. The molecule has 4 atom stereocenters. The standard InChI is InChI=1S/C24H28N4O3/c29-13-19-8-18-11-28(12-20(18)21(19)14-30)24(31)17-9-22-23(25-10-17)27(15-26-22)7-6-16-4-2-1-3-5-16/h1-5,9-10,15,18-21,29-30H,6-8,11-14H2/t18-,19+,20+,21-/m0/s1. The predicted molar refractivity (Wildman–Crippen MR) is 116 cm³/mol. The number of imidazole rings is 1. The summed E-state index contributed by atoms with van der Waals surface area (Å²) in [5.41, 5.74) is 3.34. The second kappa shape index (κ2) is 8.40. The Labute approximate surface area is 181 Å².